The summed E-state index contributed by atoms with van der Waals surface area (Å²) in [5.41, 5.74) is 3.29. The van der Waals surface area contributed by atoms with Gasteiger partial charge in [0, 0.05) is 26.9 Å². The summed E-state index contributed by atoms with van der Waals surface area (Å²) in [5.74, 6) is 0. The molecule has 0 N–H and O–H groups in total. The van der Waals surface area contributed by atoms with Crippen LogP contribution in [0.25, 0.3) is 70.4 Å². The Labute approximate surface area is 216 Å². The number of nitrogens with zero attached hydrogens (tertiary/aromatic N) is 7. The molecule has 0 saturated heterocycles. The molecule has 0 amide bonds. The van der Waals surface area contributed by atoms with Crippen LogP contribution in [0.1, 0.15) is 11.1 Å². The van der Waals surface area contributed by atoms with Crippen molar-refractivity contribution < 1.29 is 13.2 Å². The summed E-state index contributed by atoms with van der Waals surface area (Å²) >= 11 is 0. The molecule has 7 nitrogen and oxygen atoms in total. The number of aryl methyl sites for hydroxylation is 1. The molecule has 0 aliphatic rings. The fraction of sp³-hybridized carbons (Fsp3) is 0.0690. The second kappa shape index (κ2) is 7.76. The molecule has 0 saturated carbocycles. The average molecular weight is 515 g/mol. The Morgan fingerprint density at radius 1 is 0.769 bits per heavy atom. The molecule has 184 valence electrons. The minimum atomic E-state index is -4.54. The first-order valence-corrected chi connectivity index (χ1v) is 11.7. The average Bonchev–Trinajstić information content (AvgIpc) is 3.36. The van der Waals surface area contributed by atoms with Crippen molar-refractivity contribution in [1.29, 1.82) is 5.26 Å². The van der Waals surface area contributed by atoms with E-state index in [1.54, 1.807) is 18.3 Å². The molecular weight excluding hydrogens is 503 g/mol. The molecule has 0 unspecified atom stereocenters. The molecule has 0 aliphatic carbocycles. The van der Waals surface area contributed by atoms with Crippen LogP contribution in [-0.2, 0) is 6.18 Å². The van der Waals surface area contributed by atoms with Gasteiger partial charge in [-0.2, -0.15) is 30.0 Å². The highest BCUT2D eigenvalue weighted by atomic mass is 19.4. The summed E-state index contributed by atoms with van der Waals surface area (Å²) in [7, 11) is 0. The lowest BCUT2D eigenvalue weighted by molar-refractivity contribution is -0.137. The minimum absolute atomic E-state index is 0.0972. The number of hydrogen-bond donors (Lipinski definition) is 0. The predicted octanol–water partition coefficient (Wildman–Crippen LogP) is 6.11. The van der Waals surface area contributed by atoms with Crippen molar-refractivity contribution in [3.8, 4) is 6.19 Å². The Bertz CT molecular complexity index is 2420. The highest BCUT2D eigenvalue weighted by molar-refractivity contribution is 6.15. The Morgan fingerprint density at radius 3 is 2.26 bits per heavy atom. The maximum atomic E-state index is 13.4. The van der Waals surface area contributed by atoms with E-state index < -0.39 is 11.7 Å². The Balaban J connectivity index is 1.59. The summed E-state index contributed by atoms with van der Waals surface area (Å²) < 4.78 is 40.2. The van der Waals surface area contributed by atoms with Crippen LogP contribution in [0, 0.1) is 25.0 Å². The number of halogens is 3. The molecule has 5 aromatic carbocycles. The fourth-order valence-electron chi connectivity index (χ4n) is 5.24. The van der Waals surface area contributed by atoms with Gasteiger partial charge in [-0.1, -0.05) is 23.8 Å². The third kappa shape index (κ3) is 3.25. The maximum Gasteiger partial charge on any atom is 0.416 e. The molecule has 0 atom stereocenters. The van der Waals surface area contributed by atoms with E-state index in [4.69, 9.17) is 21.5 Å². The van der Waals surface area contributed by atoms with Crippen LogP contribution >= 0.6 is 0 Å². The van der Waals surface area contributed by atoms with Gasteiger partial charge in [-0.05, 0) is 48.7 Å². The largest absolute Gasteiger partial charge is 0.416 e. The van der Waals surface area contributed by atoms with E-state index in [-0.39, 0.29) is 10.7 Å². The summed E-state index contributed by atoms with van der Waals surface area (Å²) in [6.45, 7) is 9.25. The van der Waals surface area contributed by atoms with E-state index >= 15 is 0 Å². The normalized spacial score (nSPS) is 13.4. The van der Waals surface area contributed by atoms with Gasteiger partial charge in [-0.3, -0.25) is 0 Å². The molecule has 0 aliphatic heterocycles. The van der Waals surface area contributed by atoms with Crippen LogP contribution in [0.4, 0.5) is 13.2 Å². The smallest absolute Gasteiger partial charge is 0.245 e. The van der Waals surface area contributed by atoms with Gasteiger partial charge in [0.05, 0.1) is 38.2 Å². The van der Waals surface area contributed by atoms with E-state index in [0.717, 1.165) is 28.5 Å². The Kier molecular flexibility index (Phi) is 4.52. The number of rotatable bonds is 0. The molecule has 7 aromatic rings. The van der Waals surface area contributed by atoms with Crippen molar-refractivity contribution in [2.45, 2.75) is 13.1 Å². The molecule has 0 bridgehead atoms. The molecule has 2 heterocycles. The zero-order chi connectivity index (χ0) is 27.1. The third-order valence-corrected chi connectivity index (χ3v) is 6.94. The first-order chi connectivity index (χ1) is 18.8. The Morgan fingerprint density at radius 2 is 1.49 bits per heavy atom. The van der Waals surface area contributed by atoms with E-state index in [0.29, 0.717) is 54.6 Å². The van der Waals surface area contributed by atoms with Gasteiger partial charge in [0.15, 0.2) is 5.36 Å². The van der Waals surface area contributed by atoms with Crippen LogP contribution in [-0.4, -0.2) is 15.0 Å². The van der Waals surface area contributed by atoms with Gasteiger partial charge in [-0.25, -0.2) is 15.0 Å². The van der Waals surface area contributed by atoms with Crippen LogP contribution in [0.15, 0.2) is 64.7 Å². The van der Waals surface area contributed by atoms with E-state index in [1.807, 2.05) is 31.2 Å². The van der Waals surface area contributed by atoms with Crippen molar-refractivity contribution in [3.05, 3.63) is 88.0 Å². The van der Waals surface area contributed by atoms with Gasteiger partial charge < -0.3 is 0 Å². The third-order valence-electron chi connectivity index (χ3n) is 6.94. The highest BCUT2D eigenvalue weighted by Crippen LogP contribution is 2.34. The highest BCUT2D eigenvalue weighted by Gasteiger charge is 2.31. The number of alkyl halides is 3. The monoisotopic (exact) mass is 515 g/mol. The number of benzene rings is 3. The van der Waals surface area contributed by atoms with Crippen molar-refractivity contribution in [2.24, 2.45) is 10.1 Å². The molecule has 0 spiro atoms. The van der Waals surface area contributed by atoms with Crippen LogP contribution < -0.4 is 10.7 Å². The molecular formula is C29H12F3N7. The topological polar surface area (TPSA) is 91.5 Å². The number of hydrogen-bond acceptors (Lipinski definition) is 6. The van der Waals surface area contributed by atoms with Crippen LogP contribution in [0.5, 0.6) is 0 Å². The first kappa shape index (κ1) is 22.7. The van der Waals surface area contributed by atoms with Crippen molar-refractivity contribution in [1.82, 2.24) is 15.0 Å². The van der Waals surface area contributed by atoms with Crippen molar-refractivity contribution >= 4 is 65.4 Å². The summed E-state index contributed by atoms with van der Waals surface area (Å²) in [4.78, 5) is 21.4. The van der Waals surface area contributed by atoms with Crippen LogP contribution in [0.2, 0.25) is 0 Å². The van der Waals surface area contributed by atoms with Gasteiger partial charge in [0.1, 0.15) is 10.9 Å². The van der Waals surface area contributed by atoms with Crippen molar-refractivity contribution in [3.63, 3.8) is 0 Å². The summed E-state index contributed by atoms with van der Waals surface area (Å²) in [5, 5.41) is 17.5. The SMILES string of the molecule is [C-]#[N+]/N=c1\c2cc(C)ccc2c2nc3cc4nc5c(=NC#N)c6cc(C(F)(F)F)ccc6c5cc4cc3nc12. The van der Waals surface area contributed by atoms with Crippen molar-refractivity contribution in [2.75, 3.05) is 0 Å². The van der Waals surface area contributed by atoms with Gasteiger partial charge in [0.25, 0.3) is 0 Å². The maximum absolute atomic E-state index is 13.4. The lowest BCUT2D eigenvalue weighted by atomic mass is 10.1. The molecule has 0 fully saturated rings. The van der Waals surface area contributed by atoms with E-state index in [9.17, 15) is 18.4 Å². The van der Waals surface area contributed by atoms with E-state index in [1.165, 1.54) is 6.07 Å². The second-order valence-corrected chi connectivity index (χ2v) is 9.26. The molecule has 10 heteroatoms. The first-order valence-electron chi connectivity index (χ1n) is 11.7. The number of pyridine rings is 1. The van der Waals surface area contributed by atoms with Gasteiger partial charge in [0.2, 0.25) is 6.19 Å². The van der Waals surface area contributed by atoms with Gasteiger partial charge >= 0.3 is 6.18 Å². The van der Waals surface area contributed by atoms with Gasteiger partial charge in [-0.15, -0.1) is 4.95 Å². The lowest BCUT2D eigenvalue weighted by Crippen LogP contribution is -2.06. The molecule has 7 rings (SSSR count). The van der Waals surface area contributed by atoms with Crippen LogP contribution in [0.3, 0.4) is 0 Å². The lowest BCUT2D eigenvalue weighted by Gasteiger charge is -2.06. The summed E-state index contributed by atoms with van der Waals surface area (Å²) in [6.07, 6.45) is -2.84. The Hall–Kier alpha value is -5.48. The molecule has 2 aromatic heterocycles. The number of fused-ring (bicyclic) bond motifs is 8. The predicted molar refractivity (Wildman–Crippen MR) is 140 cm³/mol. The zero-order valence-corrected chi connectivity index (χ0v) is 20.0. The molecule has 39 heavy (non-hydrogen) atoms. The zero-order valence-electron chi connectivity index (χ0n) is 20.0. The number of nitriles is 1. The quantitative estimate of drug-likeness (QED) is 0.105. The second-order valence-electron chi connectivity index (χ2n) is 9.26. The standard InChI is InChI=1S/C29H12F3N7/c1-13-3-5-17-18(7-13)27(39-34-2)28-25(17)37-23-11-21-14(9-22(23)38-28)8-19-16-6-4-15(29(30,31)32)10-20(16)24(35-12-33)26(19)36-21/h3-11H,1H3/b35-24?,39-27+. The molecule has 0 radical (unpaired) electrons. The minimum Gasteiger partial charge on any atom is -0.245 e. The fourth-order valence-corrected chi connectivity index (χ4v) is 5.24. The van der Waals surface area contributed by atoms with E-state index in [2.05, 4.69) is 15.0 Å². The number of aromatic nitrogens is 3. The summed E-state index contributed by atoms with van der Waals surface area (Å²) in [6, 6.07) is 14.6.